The van der Waals surface area contributed by atoms with Crippen molar-refractivity contribution in [3.05, 3.63) is 53.8 Å². The molecule has 0 radical (unpaired) electrons. The maximum Gasteiger partial charge on any atom is 0.260 e. The van der Waals surface area contributed by atoms with Crippen LogP contribution in [-0.4, -0.2) is 43.7 Å². The minimum atomic E-state index is -0.301. The van der Waals surface area contributed by atoms with Gasteiger partial charge in [0.1, 0.15) is 11.6 Å². The van der Waals surface area contributed by atoms with Crippen LogP contribution in [0.15, 0.2) is 42.5 Å². The summed E-state index contributed by atoms with van der Waals surface area (Å²) in [5.74, 6) is 0.322. The standard InChI is InChI=1S/C22H26FN3O2S/c1-4-25(5-2)13-14-26(21(27)16-7-10-18(11-8-16)28-6-3)22-24-19-12-9-17(23)15-20(19)29-22/h7-12,15H,4-6,13-14H2,1-3H3/p+1. The summed E-state index contributed by atoms with van der Waals surface area (Å²) in [5.41, 5.74) is 1.28. The predicted octanol–water partition coefficient (Wildman–Crippen LogP) is 3.41. The van der Waals surface area contributed by atoms with Crippen LogP contribution in [0.3, 0.4) is 0 Å². The van der Waals surface area contributed by atoms with Crippen molar-refractivity contribution in [1.82, 2.24) is 4.98 Å². The lowest BCUT2D eigenvalue weighted by Gasteiger charge is -2.23. The Kier molecular flexibility index (Phi) is 7.17. The van der Waals surface area contributed by atoms with Gasteiger partial charge < -0.3 is 9.64 Å². The summed E-state index contributed by atoms with van der Waals surface area (Å²) in [6.45, 7) is 10.1. The Bertz CT molecular complexity index is 954. The molecule has 0 spiro atoms. The van der Waals surface area contributed by atoms with Crippen LogP contribution in [-0.2, 0) is 0 Å². The molecule has 0 unspecified atom stereocenters. The highest BCUT2D eigenvalue weighted by Crippen LogP contribution is 2.30. The van der Waals surface area contributed by atoms with Crippen LogP contribution in [0.4, 0.5) is 9.52 Å². The molecule has 1 N–H and O–H groups in total. The Hall–Kier alpha value is -2.51. The Labute approximate surface area is 174 Å². The molecule has 0 fully saturated rings. The number of hydrogen-bond donors (Lipinski definition) is 1. The molecule has 0 aliphatic heterocycles. The van der Waals surface area contributed by atoms with Gasteiger partial charge in [0.2, 0.25) is 0 Å². The first-order valence-corrected chi connectivity index (χ1v) is 10.8. The first-order valence-electron chi connectivity index (χ1n) is 10.00. The number of carbonyl (C=O) groups is 1. The van der Waals surface area contributed by atoms with E-state index in [-0.39, 0.29) is 11.7 Å². The molecule has 2 aromatic carbocycles. The number of quaternary nitrogens is 1. The molecule has 0 saturated heterocycles. The summed E-state index contributed by atoms with van der Waals surface area (Å²) in [7, 11) is 0. The van der Waals surface area contributed by atoms with E-state index in [4.69, 9.17) is 4.74 Å². The van der Waals surface area contributed by atoms with Crippen LogP contribution in [0, 0.1) is 5.82 Å². The Balaban J connectivity index is 1.91. The fraction of sp³-hybridized carbons (Fsp3) is 0.364. The summed E-state index contributed by atoms with van der Waals surface area (Å²) in [4.78, 5) is 21.0. The summed E-state index contributed by atoms with van der Waals surface area (Å²) in [6, 6.07) is 11.7. The predicted molar refractivity (Wildman–Crippen MR) is 116 cm³/mol. The number of amides is 1. The number of aromatic nitrogens is 1. The number of likely N-dealkylation sites (N-methyl/N-ethyl adjacent to an activating group) is 1. The third-order valence-electron chi connectivity index (χ3n) is 4.92. The SMILES string of the molecule is CCOc1ccc(C(=O)N(CC[NH+](CC)CC)c2nc3ccc(F)cc3s2)cc1. The van der Waals surface area contributed by atoms with Gasteiger partial charge in [0.15, 0.2) is 5.13 Å². The zero-order valence-corrected chi connectivity index (χ0v) is 17.9. The Morgan fingerprint density at radius 3 is 2.52 bits per heavy atom. The molecular formula is C22H27FN3O2S+. The van der Waals surface area contributed by atoms with Gasteiger partial charge in [-0.1, -0.05) is 11.3 Å². The second kappa shape index (κ2) is 9.80. The Morgan fingerprint density at radius 1 is 1.14 bits per heavy atom. The molecule has 154 valence electrons. The number of rotatable bonds is 9. The zero-order chi connectivity index (χ0) is 20.8. The molecular weight excluding hydrogens is 389 g/mol. The molecule has 0 bridgehead atoms. The Morgan fingerprint density at radius 2 is 1.86 bits per heavy atom. The monoisotopic (exact) mass is 416 g/mol. The molecule has 3 aromatic rings. The molecule has 0 aliphatic carbocycles. The highest BCUT2D eigenvalue weighted by Gasteiger charge is 2.23. The third kappa shape index (κ3) is 5.10. The van der Waals surface area contributed by atoms with Gasteiger partial charge in [-0.15, -0.1) is 0 Å². The van der Waals surface area contributed by atoms with Gasteiger partial charge >= 0.3 is 0 Å². The number of ether oxygens (including phenoxy) is 1. The summed E-state index contributed by atoms with van der Waals surface area (Å²) in [5, 5.41) is 0.594. The number of carbonyl (C=O) groups excluding carboxylic acids is 1. The van der Waals surface area contributed by atoms with E-state index in [0.717, 1.165) is 30.1 Å². The lowest BCUT2D eigenvalue weighted by Crippen LogP contribution is -3.12. The first kappa shape index (κ1) is 21.2. The topological polar surface area (TPSA) is 46.9 Å². The summed E-state index contributed by atoms with van der Waals surface area (Å²) in [6.07, 6.45) is 0. The van der Waals surface area contributed by atoms with Crippen LogP contribution >= 0.6 is 11.3 Å². The van der Waals surface area contributed by atoms with Gasteiger partial charge in [-0.2, -0.15) is 0 Å². The number of halogens is 1. The second-order valence-electron chi connectivity index (χ2n) is 6.73. The van der Waals surface area contributed by atoms with Crippen molar-refractivity contribution in [2.24, 2.45) is 0 Å². The lowest BCUT2D eigenvalue weighted by atomic mass is 10.2. The summed E-state index contributed by atoms with van der Waals surface area (Å²) >= 11 is 1.34. The van der Waals surface area contributed by atoms with E-state index in [1.54, 1.807) is 35.2 Å². The number of hydrogen-bond acceptors (Lipinski definition) is 4. The number of anilines is 1. The van der Waals surface area contributed by atoms with Gasteiger partial charge in [0.05, 0.1) is 43.0 Å². The third-order valence-corrected chi connectivity index (χ3v) is 5.96. The fourth-order valence-corrected chi connectivity index (χ4v) is 4.19. The number of nitrogens with one attached hydrogen (secondary N) is 1. The smallest absolute Gasteiger partial charge is 0.260 e. The molecule has 7 heteroatoms. The number of thiazole rings is 1. The molecule has 0 atom stereocenters. The fourth-order valence-electron chi connectivity index (χ4n) is 3.18. The molecule has 0 aliphatic rings. The van der Waals surface area contributed by atoms with Gasteiger partial charge in [-0.05, 0) is 63.2 Å². The number of benzene rings is 2. The van der Waals surface area contributed by atoms with Gasteiger partial charge in [0, 0.05) is 5.56 Å². The molecule has 1 amide bonds. The van der Waals surface area contributed by atoms with Gasteiger partial charge in [-0.25, -0.2) is 9.37 Å². The minimum Gasteiger partial charge on any atom is -0.494 e. The van der Waals surface area contributed by atoms with Crippen LogP contribution in [0.2, 0.25) is 0 Å². The van der Waals surface area contributed by atoms with E-state index < -0.39 is 0 Å². The number of fused-ring (bicyclic) bond motifs is 1. The van der Waals surface area contributed by atoms with Crippen molar-refractivity contribution in [3.63, 3.8) is 0 Å². The van der Waals surface area contributed by atoms with E-state index in [2.05, 4.69) is 18.8 Å². The van der Waals surface area contributed by atoms with Crippen molar-refractivity contribution in [2.75, 3.05) is 37.7 Å². The normalized spacial score (nSPS) is 11.2. The maximum absolute atomic E-state index is 13.6. The van der Waals surface area contributed by atoms with Crippen molar-refractivity contribution >= 4 is 32.6 Å². The minimum absolute atomic E-state index is 0.112. The largest absolute Gasteiger partial charge is 0.494 e. The van der Waals surface area contributed by atoms with E-state index in [1.807, 2.05) is 6.92 Å². The van der Waals surface area contributed by atoms with Crippen LogP contribution < -0.4 is 14.5 Å². The van der Waals surface area contributed by atoms with E-state index in [0.29, 0.717) is 29.4 Å². The maximum atomic E-state index is 13.6. The average Bonchev–Trinajstić information content (AvgIpc) is 3.14. The highest BCUT2D eigenvalue weighted by atomic mass is 32.1. The van der Waals surface area contributed by atoms with E-state index in [1.165, 1.54) is 28.4 Å². The van der Waals surface area contributed by atoms with Crippen molar-refractivity contribution in [3.8, 4) is 5.75 Å². The molecule has 0 saturated carbocycles. The van der Waals surface area contributed by atoms with Crippen LogP contribution in [0.25, 0.3) is 10.2 Å². The number of nitrogens with zero attached hydrogens (tertiary/aromatic N) is 2. The molecule has 1 heterocycles. The van der Waals surface area contributed by atoms with Crippen molar-refractivity contribution in [1.29, 1.82) is 0 Å². The molecule has 3 rings (SSSR count). The second-order valence-corrected chi connectivity index (χ2v) is 7.74. The average molecular weight is 417 g/mol. The molecule has 1 aromatic heterocycles. The van der Waals surface area contributed by atoms with E-state index >= 15 is 0 Å². The highest BCUT2D eigenvalue weighted by molar-refractivity contribution is 7.22. The van der Waals surface area contributed by atoms with Gasteiger partial charge in [0.25, 0.3) is 5.91 Å². The van der Waals surface area contributed by atoms with Crippen LogP contribution in [0.1, 0.15) is 31.1 Å². The first-order chi connectivity index (χ1) is 14.0. The summed E-state index contributed by atoms with van der Waals surface area (Å²) < 4.78 is 19.8. The van der Waals surface area contributed by atoms with Crippen molar-refractivity contribution < 1.29 is 18.8 Å². The van der Waals surface area contributed by atoms with Crippen LogP contribution in [0.5, 0.6) is 5.75 Å². The molecule has 29 heavy (non-hydrogen) atoms. The quantitative estimate of drug-likeness (QED) is 0.582. The van der Waals surface area contributed by atoms with E-state index in [9.17, 15) is 9.18 Å². The zero-order valence-electron chi connectivity index (χ0n) is 17.1. The van der Waals surface area contributed by atoms with Gasteiger partial charge in [-0.3, -0.25) is 9.69 Å². The van der Waals surface area contributed by atoms with Crippen molar-refractivity contribution in [2.45, 2.75) is 20.8 Å². The molecule has 5 nitrogen and oxygen atoms in total. The lowest BCUT2D eigenvalue weighted by molar-refractivity contribution is -0.894.